The quantitative estimate of drug-likeness (QED) is 0.670. The summed E-state index contributed by atoms with van der Waals surface area (Å²) < 4.78 is 0. The third-order valence-corrected chi connectivity index (χ3v) is 3.12. The van der Waals surface area contributed by atoms with Crippen molar-refractivity contribution < 1.29 is 5.11 Å². The van der Waals surface area contributed by atoms with Crippen molar-refractivity contribution in [1.29, 1.82) is 0 Å². The summed E-state index contributed by atoms with van der Waals surface area (Å²) in [5.41, 5.74) is 7.36. The van der Waals surface area contributed by atoms with Gasteiger partial charge in [0, 0.05) is 24.5 Å². The molecule has 2 rings (SSSR count). The molecule has 1 heterocycles. The van der Waals surface area contributed by atoms with Gasteiger partial charge in [-0.05, 0) is 50.2 Å². The van der Waals surface area contributed by atoms with E-state index in [0.717, 1.165) is 31.0 Å². The van der Waals surface area contributed by atoms with Gasteiger partial charge in [-0.3, -0.25) is 0 Å². The van der Waals surface area contributed by atoms with E-state index in [4.69, 9.17) is 5.73 Å². The molecule has 0 aliphatic carbocycles. The van der Waals surface area contributed by atoms with Crippen LogP contribution in [0.1, 0.15) is 12.8 Å². The molecule has 1 aromatic rings. The number of nitrogens with one attached hydrogen (secondary N) is 1. The second-order valence-electron chi connectivity index (χ2n) is 4.66. The number of rotatable bonds is 5. The van der Waals surface area contributed by atoms with Crippen molar-refractivity contribution >= 4 is 11.4 Å². The van der Waals surface area contributed by atoms with E-state index in [9.17, 15) is 5.11 Å². The van der Waals surface area contributed by atoms with Crippen molar-refractivity contribution in [3.8, 4) is 0 Å². The lowest BCUT2D eigenvalue weighted by molar-refractivity contribution is 0.135. The minimum Gasteiger partial charge on any atom is -0.399 e. The molecule has 1 aromatic carbocycles. The normalized spacial score (nSPS) is 18.2. The minimum absolute atomic E-state index is 0.314. The fourth-order valence-electron chi connectivity index (χ4n) is 2.16. The van der Waals surface area contributed by atoms with Gasteiger partial charge in [-0.2, -0.15) is 0 Å². The third-order valence-electron chi connectivity index (χ3n) is 3.12. The molecule has 0 spiro atoms. The lowest BCUT2D eigenvalue weighted by Crippen LogP contribution is -2.34. The summed E-state index contributed by atoms with van der Waals surface area (Å²) in [6.45, 7) is 3.60. The van der Waals surface area contributed by atoms with E-state index in [2.05, 4.69) is 10.2 Å². The van der Waals surface area contributed by atoms with Crippen LogP contribution in [-0.2, 0) is 0 Å². The zero-order chi connectivity index (χ0) is 12.1. The van der Waals surface area contributed by atoms with E-state index in [1.54, 1.807) is 0 Å². The molecule has 1 atom stereocenters. The van der Waals surface area contributed by atoms with Gasteiger partial charge >= 0.3 is 0 Å². The van der Waals surface area contributed by atoms with E-state index in [-0.39, 0.29) is 6.10 Å². The maximum Gasteiger partial charge on any atom is 0.0839 e. The first-order valence-corrected chi connectivity index (χ1v) is 6.24. The predicted octanol–water partition coefficient (Wildman–Crippen LogP) is 1.14. The number of hydrogen-bond acceptors (Lipinski definition) is 4. The van der Waals surface area contributed by atoms with Crippen LogP contribution < -0.4 is 11.1 Å². The fourth-order valence-corrected chi connectivity index (χ4v) is 2.16. The first-order valence-electron chi connectivity index (χ1n) is 6.24. The van der Waals surface area contributed by atoms with Crippen molar-refractivity contribution in [3.05, 3.63) is 24.3 Å². The molecule has 4 N–H and O–H groups in total. The summed E-state index contributed by atoms with van der Waals surface area (Å²) >= 11 is 0. The minimum atomic E-state index is -0.314. The highest BCUT2D eigenvalue weighted by Crippen LogP contribution is 2.11. The predicted molar refractivity (Wildman–Crippen MR) is 71.0 cm³/mol. The highest BCUT2D eigenvalue weighted by molar-refractivity contribution is 5.51. The molecule has 1 aliphatic heterocycles. The number of nitrogens with two attached hydrogens (primary N) is 1. The van der Waals surface area contributed by atoms with E-state index >= 15 is 0 Å². The average Bonchev–Trinajstić information content (AvgIpc) is 2.81. The molecule has 4 nitrogen and oxygen atoms in total. The molecular weight excluding hydrogens is 214 g/mol. The van der Waals surface area contributed by atoms with Gasteiger partial charge in [0.15, 0.2) is 0 Å². The first-order chi connectivity index (χ1) is 8.24. The van der Waals surface area contributed by atoms with Crippen LogP contribution in [0.3, 0.4) is 0 Å². The van der Waals surface area contributed by atoms with Crippen LogP contribution in [0.2, 0.25) is 0 Å². The van der Waals surface area contributed by atoms with Crippen LogP contribution in [0.4, 0.5) is 11.4 Å². The molecule has 0 radical (unpaired) electrons. The molecule has 0 bridgehead atoms. The van der Waals surface area contributed by atoms with Gasteiger partial charge in [-0.1, -0.05) is 0 Å². The molecule has 0 saturated carbocycles. The Morgan fingerprint density at radius 2 is 1.88 bits per heavy atom. The average molecular weight is 235 g/mol. The van der Waals surface area contributed by atoms with Crippen LogP contribution >= 0.6 is 0 Å². The van der Waals surface area contributed by atoms with Crippen molar-refractivity contribution in [2.24, 2.45) is 0 Å². The van der Waals surface area contributed by atoms with Gasteiger partial charge in [0.05, 0.1) is 6.10 Å². The highest BCUT2D eigenvalue weighted by atomic mass is 16.3. The zero-order valence-electron chi connectivity index (χ0n) is 10.1. The molecular formula is C13H21N3O. The van der Waals surface area contributed by atoms with Crippen molar-refractivity contribution in [1.82, 2.24) is 4.90 Å². The number of anilines is 2. The number of likely N-dealkylation sites (tertiary alicyclic amines) is 1. The Labute approximate surface area is 102 Å². The van der Waals surface area contributed by atoms with Crippen molar-refractivity contribution in [3.63, 3.8) is 0 Å². The van der Waals surface area contributed by atoms with Crippen LogP contribution in [0.5, 0.6) is 0 Å². The van der Waals surface area contributed by atoms with Crippen LogP contribution in [-0.4, -0.2) is 42.3 Å². The molecule has 1 aliphatic rings. The summed E-state index contributed by atoms with van der Waals surface area (Å²) in [7, 11) is 0. The van der Waals surface area contributed by atoms with Gasteiger partial charge < -0.3 is 21.1 Å². The Kier molecular flexibility index (Phi) is 4.23. The largest absolute Gasteiger partial charge is 0.399 e. The number of nitrogens with zero attached hydrogens (tertiary/aromatic N) is 1. The lowest BCUT2D eigenvalue weighted by atomic mass is 10.2. The number of aliphatic hydroxyl groups is 1. The topological polar surface area (TPSA) is 61.5 Å². The van der Waals surface area contributed by atoms with Gasteiger partial charge in [-0.25, -0.2) is 0 Å². The molecule has 17 heavy (non-hydrogen) atoms. The number of hydrogen-bond donors (Lipinski definition) is 3. The maximum atomic E-state index is 9.90. The van der Waals surface area contributed by atoms with Crippen LogP contribution in [0.15, 0.2) is 24.3 Å². The Morgan fingerprint density at radius 3 is 2.53 bits per heavy atom. The van der Waals surface area contributed by atoms with Crippen LogP contribution in [0.25, 0.3) is 0 Å². The highest BCUT2D eigenvalue weighted by Gasteiger charge is 2.15. The van der Waals surface area contributed by atoms with E-state index < -0.39 is 0 Å². The molecule has 1 fully saturated rings. The molecule has 94 valence electrons. The lowest BCUT2D eigenvalue weighted by Gasteiger charge is -2.20. The summed E-state index contributed by atoms with van der Waals surface area (Å²) in [6.07, 6.45) is 2.21. The molecule has 1 unspecified atom stereocenters. The fraction of sp³-hybridized carbons (Fsp3) is 0.538. The third kappa shape index (κ3) is 3.91. The molecule has 1 saturated heterocycles. The number of aliphatic hydroxyl groups excluding tert-OH is 1. The zero-order valence-corrected chi connectivity index (χ0v) is 10.1. The Hall–Kier alpha value is -1.26. The van der Waals surface area contributed by atoms with Gasteiger partial charge in [0.2, 0.25) is 0 Å². The standard InChI is InChI=1S/C13H21N3O/c14-11-3-5-12(6-4-11)15-9-13(17)10-16-7-1-2-8-16/h3-6,13,15,17H,1-2,7-10,14H2. The van der Waals surface area contributed by atoms with Gasteiger partial charge in [0.25, 0.3) is 0 Å². The molecule has 4 heteroatoms. The second kappa shape index (κ2) is 5.89. The smallest absolute Gasteiger partial charge is 0.0839 e. The van der Waals surface area contributed by atoms with Crippen molar-refractivity contribution in [2.45, 2.75) is 18.9 Å². The van der Waals surface area contributed by atoms with E-state index in [1.807, 2.05) is 24.3 Å². The van der Waals surface area contributed by atoms with Crippen LogP contribution in [0, 0.1) is 0 Å². The Balaban J connectivity index is 1.71. The monoisotopic (exact) mass is 235 g/mol. The number of benzene rings is 1. The Morgan fingerprint density at radius 1 is 1.24 bits per heavy atom. The van der Waals surface area contributed by atoms with E-state index in [1.165, 1.54) is 12.8 Å². The molecule has 0 amide bonds. The summed E-state index contributed by atoms with van der Waals surface area (Å²) in [4.78, 5) is 2.31. The molecule has 0 aromatic heterocycles. The second-order valence-corrected chi connectivity index (χ2v) is 4.66. The van der Waals surface area contributed by atoms with Crippen molar-refractivity contribution in [2.75, 3.05) is 37.2 Å². The van der Waals surface area contributed by atoms with E-state index in [0.29, 0.717) is 6.54 Å². The van der Waals surface area contributed by atoms with Gasteiger partial charge in [-0.15, -0.1) is 0 Å². The maximum absolute atomic E-state index is 9.90. The summed E-state index contributed by atoms with van der Waals surface area (Å²) in [6, 6.07) is 7.57. The number of β-amino-alcohol motifs (C(OH)–C–C–N with tert-alkyl or cyclic N) is 1. The summed E-state index contributed by atoms with van der Waals surface area (Å²) in [5.74, 6) is 0. The van der Waals surface area contributed by atoms with Gasteiger partial charge in [0.1, 0.15) is 0 Å². The number of nitrogen functional groups attached to an aromatic ring is 1. The SMILES string of the molecule is Nc1ccc(NCC(O)CN2CCCC2)cc1. The Bertz CT molecular complexity index is 333. The summed E-state index contributed by atoms with van der Waals surface area (Å²) in [5, 5.41) is 13.1. The first kappa shape index (κ1) is 12.2.